The lowest BCUT2D eigenvalue weighted by Gasteiger charge is -2.32. The average molecular weight is 439 g/mol. The van der Waals surface area contributed by atoms with Gasteiger partial charge in [-0.2, -0.15) is 0 Å². The van der Waals surface area contributed by atoms with Crippen molar-refractivity contribution >= 4 is 42.5 Å². The summed E-state index contributed by atoms with van der Waals surface area (Å²) in [6, 6.07) is 7.75. The number of ether oxygens (including phenoxy) is 1. The smallest absolute Gasteiger partial charge is 0.410 e. The lowest BCUT2D eigenvalue weighted by molar-refractivity contribution is 0.0233. The monoisotopic (exact) mass is 438 g/mol. The lowest BCUT2D eigenvalue weighted by atomic mass is 10.2. The van der Waals surface area contributed by atoms with Gasteiger partial charge in [-0.1, -0.05) is 18.2 Å². The van der Waals surface area contributed by atoms with E-state index in [0.717, 1.165) is 33.5 Å². The first kappa shape index (κ1) is 21.9. The number of anilines is 1. The molecule has 0 spiro atoms. The summed E-state index contributed by atoms with van der Waals surface area (Å²) >= 11 is 1.49. The Bertz CT molecular complexity index is 992. The number of benzene rings is 1. The molecule has 0 N–H and O–H groups in total. The highest BCUT2D eigenvalue weighted by Gasteiger charge is 2.36. The first-order valence-corrected chi connectivity index (χ1v) is 12.4. The number of carbonyl (C=O) groups is 1. The molecule has 160 valence electrons. The summed E-state index contributed by atoms with van der Waals surface area (Å²) in [5.41, 5.74) is 0.381. The van der Waals surface area contributed by atoms with Crippen molar-refractivity contribution in [2.24, 2.45) is 0 Å². The zero-order valence-electron chi connectivity index (χ0n) is 17.8. The number of aryl methyl sites for hydroxylation is 1. The maximum atomic E-state index is 13.0. The Balaban J connectivity index is 1.94. The Hall–Kier alpha value is -1.80. The van der Waals surface area contributed by atoms with Gasteiger partial charge in [0.25, 0.3) is 0 Å². The van der Waals surface area contributed by atoms with Crippen LogP contribution in [0.2, 0.25) is 0 Å². The molecule has 1 aliphatic rings. The molecule has 1 amide bonds. The minimum absolute atomic E-state index is 0.0137. The number of fused-ring (bicyclic) bond motifs is 1. The minimum Gasteiger partial charge on any atom is -0.444 e. The van der Waals surface area contributed by atoms with Gasteiger partial charge in [-0.25, -0.2) is 13.2 Å². The molecule has 2 heterocycles. The molecule has 0 saturated carbocycles. The molecule has 6 nitrogen and oxygen atoms in total. The van der Waals surface area contributed by atoms with E-state index in [9.17, 15) is 13.2 Å². The van der Waals surface area contributed by atoms with Crippen molar-refractivity contribution < 1.29 is 17.9 Å². The van der Waals surface area contributed by atoms with Crippen molar-refractivity contribution in [2.45, 2.75) is 59.1 Å². The summed E-state index contributed by atoms with van der Waals surface area (Å²) in [5, 5.41) is 1.81. The molecule has 0 bridgehead atoms. The predicted molar refractivity (Wildman–Crippen MR) is 119 cm³/mol. The average Bonchev–Trinajstić information content (AvgIpc) is 3.23. The van der Waals surface area contributed by atoms with E-state index in [4.69, 9.17) is 4.74 Å². The zero-order chi connectivity index (χ0) is 21.4. The molecule has 8 heteroatoms. The topological polar surface area (TPSA) is 66.9 Å². The third kappa shape index (κ3) is 4.69. The van der Waals surface area contributed by atoms with E-state index in [2.05, 4.69) is 0 Å². The number of thiophene rings is 1. The van der Waals surface area contributed by atoms with Crippen molar-refractivity contribution in [2.75, 3.05) is 23.1 Å². The van der Waals surface area contributed by atoms with Gasteiger partial charge in [-0.05, 0) is 64.5 Å². The van der Waals surface area contributed by atoms with Crippen molar-refractivity contribution in [1.29, 1.82) is 0 Å². The van der Waals surface area contributed by atoms with Crippen LogP contribution in [0.25, 0.3) is 10.1 Å². The van der Waals surface area contributed by atoms with E-state index in [0.29, 0.717) is 6.54 Å². The first-order valence-electron chi connectivity index (χ1n) is 10.0. The van der Waals surface area contributed by atoms with Crippen LogP contribution in [0.4, 0.5) is 9.80 Å². The van der Waals surface area contributed by atoms with Gasteiger partial charge in [0.05, 0.1) is 18.3 Å². The molecule has 2 aromatic rings. The maximum absolute atomic E-state index is 13.0. The fourth-order valence-corrected chi connectivity index (χ4v) is 6.33. The molecule has 29 heavy (non-hydrogen) atoms. The second kappa shape index (κ2) is 8.14. The molecule has 1 saturated heterocycles. The molecular weight excluding hydrogens is 408 g/mol. The number of hydrogen-bond acceptors (Lipinski definition) is 5. The summed E-state index contributed by atoms with van der Waals surface area (Å²) in [7, 11) is -3.49. The molecule has 1 aromatic carbocycles. The molecule has 1 unspecified atom stereocenters. The van der Waals surface area contributed by atoms with Crippen LogP contribution in [0.5, 0.6) is 0 Å². The Kier molecular flexibility index (Phi) is 6.15. The van der Waals surface area contributed by atoms with Gasteiger partial charge in [0.2, 0.25) is 10.0 Å². The summed E-state index contributed by atoms with van der Waals surface area (Å²) < 4.78 is 34.2. The normalized spacial score (nSPS) is 17.7. The minimum atomic E-state index is -3.49. The van der Waals surface area contributed by atoms with Gasteiger partial charge >= 0.3 is 6.09 Å². The fourth-order valence-electron chi connectivity index (χ4n) is 3.66. The van der Waals surface area contributed by atoms with Gasteiger partial charge in [-0.3, -0.25) is 4.31 Å². The SMILES string of the molecule is CCS(=O)(=O)N(CC1CCCN1C(=O)OC(C)(C)C)c1sc2ccccc2c1C. The summed E-state index contributed by atoms with van der Waals surface area (Å²) in [4.78, 5) is 14.3. The highest BCUT2D eigenvalue weighted by molar-refractivity contribution is 7.93. The van der Waals surface area contributed by atoms with Crippen LogP contribution >= 0.6 is 11.3 Å². The highest BCUT2D eigenvalue weighted by atomic mass is 32.2. The summed E-state index contributed by atoms with van der Waals surface area (Å²) in [6.45, 7) is 9.98. The fraction of sp³-hybridized carbons (Fsp3) is 0.571. The molecular formula is C21H30N2O4S2. The first-order chi connectivity index (χ1) is 13.5. The van der Waals surface area contributed by atoms with Crippen molar-refractivity contribution in [1.82, 2.24) is 4.90 Å². The third-order valence-electron chi connectivity index (χ3n) is 5.13. The number of rotatable bonds is 5. The molecule has 0 radical (unpaired) electrons. The highest BCUT2D eigenvalue weighted by Crippen LogP contribution is 2.39. The second-order valence-corrected chi connectivity index (χ2v) is 11.6. The van der Waals surface area contributed by atoms with Gasteiger partial charge in [0.15, 0.2) is 0 Å². The molecule has 3 rings (SSSR count). The quantitative estimate of drug-likeness (QED) is 0.675. The molecule has 1 fully saturated rings. The van der Waals surface area contributed by atoms with Crippen LogP contribution in [0, 0.1) is 6.92 Å². The largest absolute Gasteiger partial charge is 0.444 e. The Morgan fingerprint density at radius 1 is 1.31 bits per heavy atom. The molecule has 0 aliphatic carbocycles. The molecule has 1 aliphatic heterocycles. The molecule has 1 aromatic heterocycles. The summed E-state index contributed by atoms with van der Waals surface area (Å²) in [6.07, 6.45) is 1.23. The van der Waals surface area contributed by atoms with Gasteiger partial charge < -0.3 is 9.64 Å². The van der Waals surface area contributed by atoms with Crippen molar-refractivity contribution in [3.05, 3.63) is 29.8 Å². The Morgan fingerprint density at radius 3 is 2.62 bits per heavy atom. The van der Waals surface area contributed by atoms with Crippen LogP contribution in [0.3, 0.4) is 0 Å². The Labute approximate surface area is 177 Å². The predicted octanol–water partition coefficient (Wildman–Crippen LogP) is 4.77. The lowest BCUT2D eigenvalue weighted by Crippen LogP contribution is -2.47. The number of likely N-dealkylation sites (tertiary alicyclic amines) is 1. The second-order valence-electron chi connectivity index (χ2n) is 8.43. The molecule has 1 atom stereocenters. The van der Waals surface area contributed by atoms with Crippen LogP contribution in [0.1, 0.15) is 46.1 Å². The van der Waals surface area contributed by atoms with Crippen LogP contribution < -0.4 is 4.31 Å². The van der Waals surface area contributed by atoms with Crippen molar-refractivity contribution in [3.63, 3.8) is 0 Å². The van der Waals surface area contributed by atoms with Gasteiger partial charge in [0, 0.05) is 11.2 Å². The number of hydrogen-bond donors (Lipinski definition) is 0. The number of nitrogens with zero attached hydrogens (tertiary/aromatic N) is 2. The Morgan fingerprint density at radius 2 is 2.00 bits per heavy atom. The summed E-state index contributed by atoms with van der Waals surface area (Å²) in [5.74, 6) is 0.0137. The van der Waals surface area contributed by atoms with E-state index in [-0.39, 0.29) is 24.4 Å². The van der Waals surface area contributed by atoms with Crippen LogP contribution in [-0.4, -0.2) is 49.9 Å². The van der Waals surface area contributed by atoms with E-state index in [1.54, 1.807) is 11.8 Å². The van der Waals surface area contributed by atoms with Crippen molar-refractivity contribution in [3.8, 4) is 0 Å². The van der Waals surface area contributed by atoms with Gasteiger partial charge in [-0.15, -0.1) is 11.3 Å². The van der Waals surface area contributed by atoms with Crippen LogP contribution in [0.15, 0.2) is 24.3 Å². The standard InChI is InChI=1S/C21H30N2O4S2/c1-6-29(25,26)23(19-15(2)17-11-7-8-12-18(17)28-19)14-16-10-9-13-22(16)20(24)27-21(3,4)5/h7-8,11-12,16H,6,9-10,13-14H2,1-5H3. The van der Waals surface area contributed by atoms with Crippen LogP contribution in [-0.2, 0) is 14.8 Å². The van der Waals surface area contributed by atoms with E-state index >= 15 is 0 Å². The third-order valence-corrected chi connectivity index (χ3v) is 8.27. The van der Waals surface area contributed by atoms with E-state index in [1.807, 2.05) is 52.0 Å². The van der Waals surface area contributed by atoms with E-state index < -0.39 is 15.6 Å². The maximum Gasteiger partial charge on any atom is 0.410 e. The number of amides is 1. The number of sulfonamides is 1. The van der Waals surface area contributed by atoms with E-state index in [1.165, 1.54) is 15.6 Å². The zero-order valence-corrected chi connectivity index (χ0v) is 19.4. The number of carbonyl (C=O) groups excluding carboxylic acids is 1. The van der Waals surface area contributed by atoms with Gasteiger partial charge in [0.1, 0.15) is 10.6 Å².